The van der Waals surface area contributed by atoms with E-state index in [-0.39, 0.29) is 0 Å². The lowest BCUT2D eigenvalue weighted by Crippen LogP contribution is -2.01. The van der Waals surface area contributed by atoms with E-state index in [1.165, 1.54) is 39.6 Å². The molecule has 0 N–H and O–H groups in total. The SMILES string of the molecule is CCCCn1c(-c2cccc3ccccc23)nc2ccc(SCCC)cc21. The first-order valence-corrected chi connectivity index (χ1v) is 10.9. The Hall–Kier alpha value is -2.26. The van der Waals surface area contributed by atoms with E-state index in [2.05, 4.69) is 79.1 Å². The Kier molecular flexibility index (Phi) is 5.49. The number of imidazole rings is 1. The van der Waals surface area contributed by atoms with Crippen molar-refractivity contribution in [1.82, 2.24) is 9.55 Å². The molecule has 0 radical (unpaired) electrons. The van der Waals surface area contributed by atoms with Crippen molar-refractivity contribution in [2.45, 2.75) is 44.6 Å². The number of fused-ring (bicyclic) bond motifs is 2. The van der Waals surface area contributed by atoms with Crippen LogP contribution >= 0.6 is 11.8 Å². The first-order chi connectivity index (χ1) is 13.3. The monoisotopic (exact) mass is 374 g/mol. The van der Waals surface area contributed by atoms with Crippen LogP contribution in [0.5, 0.6) is 0 Å². The fraction of sp³-hybridized carbons (Fsp3) is 0.292. The molecule has 0 fully saturated rings. The number of rotatable bonds is 7. The van der Waals surface area contributed by atoms with Crippen LogP contribution in [-0.2, 0) is 6.54 Å². The lowest BCUT2D eigenvalue weighted by atomic mass is 10.0. The molecule has 1 aromatic heterocycles. The number of nitrogens with zero attached hydrogens (tertiary/aromatic N) is 2. The molecule has 27 heavy (non-hydrogen) atoms. The molecule has 0 amide bonds. The van der Waals surface area contributed by atoms with E-state index >= 15 is 0 Å². The van der Waals surface area contributed by atoms with Crippen molar-refractivity contribution in [2.24, 2.45) is 0 Å². The molecule has 0 saturated heterocycles. The largest absolute Gasteiger partial charge is 0.324 e. The second-order valence-electron chi connectivity index (χ2n) is 6.97. The average molecular weight is 375 g/mol. The summed E-state index contributed by atoms with van der Waals surface area (Å²) in [6.45, 7) is 5.49. The van der Waals surface area contributed by atoms with Crippen molar-refractivity contribution >= 4 is 33.6 Å². The Bertz CT molecular complexity index is 1060. The number of unbranched alkanes of at least 4 members (excludes halogenated alkanes) is 1. The first kappa shape index (κ1) is 18.1. The van der Waals surface area contributed by atoms with Crippen molar-refractivity contribution in [3.8, 4) is 11.4 Å². The molecule has 0 saturated carbocycles. The summed E-state index contributed by atoms with van der Waals surface area (Å²) >= 11 is 1.93. The fourth-order valence-electron chi connectivity index (χ4n) is 3.58. The maximum Gasteiger partial charge on any atom is 0.141 e. The second-order valence-corrected chi connectivity index (χ2v) is 8.13. The Labute approximate surface area is 165 Å². The van der Waals surface area contributed by atoms with Gasteiger partial charge in [-0.1, -0.05) is 62.7 Å². The minimum absolute atomic E-state index is 1.01. The topological polar surface area (TPSA) is 17.8 Å². The van der Waals surface area contributed by atoms with Crippen molar-refractivity contribution in [1.29, 1.82) is 0 Å². The summed E-state index contributed by atoms with van der Waals surface area (Å²) in [5.41, 5.74) is 3.57. The van der Waals surface area contributed by atoms with Crippen LogP contribution in [0.3, 0.4) is 0 Å². The third-order valence-corrected chi connectivity index (χ3v) is 6.16. The zero-order valence-corrected chi connectivity index (χ0v) is 16.9. The molecule has 0 spiro atoms. The molecule has 0 bridgehead atoms. The summed E-state index contributed by atoms with van der Waals surface area (Å²) in [5.74, 6) is 2.25. The van der Waals surface area contributed by atoms with Crippen LogP contribution in [0.15, 0.2) is 65.6 Å². The van der Waals surface area contributed by atoms with Gasteiger partial charge in [0.1, 0.15) is 5.82 Å². The van der Waals surface area contributed by atoms with Gasteiger partial charge < -0.3 is 4.57 Å². The third kappa shape index (κ3) is 3.61. The van der Waals surface area contributed by atoms with Gasteiger partial charge in [0.25, 0.3) is 0 Å². The lowest BCUT2D eigenvalue weighted by molar-refractivity contribution is 0.651. The number of aryl methyl sites for hydroxylation is 1. The minimum Gasteiger partial charge on any atom is -0.324 e. The molecule has 3 heteroatoms. The van der Waals surface area contributed by atoms with Crippen LogP contribution in [-0.4, -0.2) is 15.3 Å². The molecule has 0 aliphatic carbocycles. The van der Waals surface area contributed by atoms with E-state index in [9.17, 15) is 0 Å². The second kappa shape index (κ2) is 8.18. The highest BCUT2D eigenvalue weighted by Crippen LogP contribution is 2.33. The lowest BCUT2D eigenvalue weighted by Gasteiger charge is -2.11. The number of benzene rings is 3. The van der Waals surface area contributed by atoms with E-state index < -0.39 is 0 Å². The number of hydrogen-bond donors (Lipinski definition) is 0. The Morgan fingerprint density at radius 2 is 1.78 bits per heavy atom. The first-order valence-electron chi connectivity index (χ1n) is 9.93. The molecule has 0 unspecified atom stereocenters. The van der Waals surface area contributed by atoms with Crippen LogP contribution in [0.2, 0.25) is 0 Å². The van der Waals surface area contributed by atoms with Gasteiger partial charge in [-0.25, -0.2) is 4.98 Å². The van der Waals surface area contributed by atoms with Crippen molar-refractivity contribution in [3.63, 3.8) is 0 Å². The molecule has 0 aliphatic rings. The number of hydrogen-bond acceptors (Lipinski definition) is 2. The molecule has 138 valence electrons. The van der Waals surface area contributed by atoms with Gasteiger partial charge >= 0.3 is 0 Å². The maximum absolute atomic E-state index is 5.06. The Morgan fingerprint density at radius 3 is 2.63 bits per heavy atom. The van der Waals surface area contributed by atoms with Crippen molar-refractivity contribution in [3.05, 3.63) is 60.7 Å². The quantitative estimate of drug-likeness (QED) is 0.319. The summed E-state index contributed by atoms with van der Waals surface area (Å²) < 4.78 is 2.43. The van der Waals surface area contributed by atoms with Gasteiger partial charge in [-0.2, -0.15) is 0 Å². The van der Waals surface area contributed by atoms with Gasteiger partial charge in [0.2, 0.25) is 0 Å². The van der Waals surface area contributed by atoms with E-state index in [1.54, 1.807) is 0 Å². The zero-order valence-electron chi connectivity index (χ0n) is 16.1. The molecular formula is C24H26N2S. The molecule has 4 aromatic rings. The minimum atomic E-state index is 1.01. The van der Waals surface area contributed by atoms with E-state index in [4.69, 9.17) is 4.98 Å². The van der Waals surface area contributed by atoms with Gasteiger partial charge in [0.05, 0.1) is 11.0 Å². The van der Waals surface area contributed by atoms with Crippen LogP contribution in [0.4, 0.5) is 0 Å². The fourth-order valence-corrected chi connectivity index (χ4v) is 4.38. The smallest absolute Gasteiger partial charge is 0.141 e. The van der Waals surface area contributed by atoms with Crippen LogP contribution < -0.4 is 0 Å². The maximum atomic E-state index is 5.06. The molecule has 3 aromatic carbocycles. The standard InChI is InChI=1S/C24H26N2S/c1-3-5-15-26-23-17-19(27-16-4-2)13-14-22(23)25-24(26)21-12-8-10-18-9-6-7-11-20(18)21/h6-14,17H,3-5,15-16H2,1-2H3. The van der Waals surface area contributed by atoms with Gasteiger partial charge in [-0.3, -0.25) is 0 Å². The van der Waals surface area contributed by atoms with E-state index in [0.29, 0.717) is 0 Å². The highest BCUT2D eigenvalue weighted by atomic mass is 32.2. The normalized spacial score (nSPS) is 11.5. The van der Waals surface area contributed by atoms with Crippen molar-refractivity contribution in [2.75, 3.05) is 5.75 Å². The summed E-state index contributed by atoms with van der Waals surface area (Å²) in [5, 5.41) is 2.54. The van der Waals surface area contributed by atoms with Crippen LogP contribution in [0.1, 0.15) is 33.1 Å². The summed E-state index contributed by atoms with van der Waals surface area (Å²) in [6.07, 6.45) is 3.54. The highest BCUT2D eigenvalue weighted by Gasteiger charge is 2.15. The van der Waals surface area contributed by atoms with Gasteiger partial charge in [-0.15, -0.1) is 11.8 Å². The number of thioether (sulfide) groups is 1. The predicted octanol–water partition coefficient (Wildman–Crippen LogP) is 7.16. The van der Waals surface area contributed by atoms with Gasteiger partial charge in [0.15, 0.2) is 0 Å². The molecule has 4 rings (SSSR count). The summed E-state index contributed by atoms with van der Waals surface area (Å²) in [6, 6.07) is 21.9. The van der Waals surface area contributed by atoms with E-state index in [0.717, 1.165) is 30.1 Å². The Morgan fingerprint density at radius 1 is 0.926 bits per heavy atom. The summed E-state index contributed by atoms with van der Waals surface area (Å²) in [7, 11) is 0. The Balaban J connectivity index is 1.90. The third-order valence-electron chi connectivity index (χ3n) is 4.96. The van der Waals surface area contributed by atoms with Crippen molar-refractivity contribution < 1.29 is 0 Å². The molecule has 2 nitrogen and oxygen atoms in total. The van der Waals surface area contributed by atoms with Crippen LogP contribution in [0.25, 0.3) is 33.2 Å². The zero-order chi connectivity index (χ0) is 18.6. The molecule has 1 heterocycles. The average Bonchev–Trinajstić information content (AvgIpc) is 3.07. The number of aromatic nitrogens is 2. The molecular weight excluding hydrogens is 348 g/mol. The van der Waals surface area contributed by atoms with Gasteiger partial charge in [0, 0.05) is 17.0 Å². The van der Waals surface area contributed by atoms with Gasteiger partial charge in [-0.05, 0) is 47.6 Å². The molecule has 0 aliphatic heterocycles. The predicted molar refractivity (Wildman–Crippen MR) is 119 cm³/mol. The molecule has 0 atom stereocenters. The van der Waals surface area contributed by atoms with E-state index in [1.807, 2.05) is 11.8 Å². The van der Waals surface area contributed by atoms with Crippen LogP contribution in [0, 0.1) is 0 Å². The summed E-state index contributed by atoms with van der Waals surface area (Å²) in [4.78, 5) is 6.40. The highest BCUT2D eigenvalue weighted by molar-refractivity contribution is 7.99.